The highest BCUT2D eigenvalue weighted by atomic mass is 32.2. The second kappa shape index (κ2) is 8.61. The lowest BCUT2D eigenvalue weighted by Crippen LogP contribution is -2.41. The predicted molar refractivity (Wildman–Crippen MR) is 109 cm³/mol. The first-order valence-electron chi connectivity index (χ1n) is 9.37. The Hall–Kier alpha value is -1.93. The Kier molecular flexibility index (Phi) is 6.88. The van der Waals surface area contributed by atoms with Gasteiger partial charge in [0.05, 0.1) is 18.6 Å². The molecular weight excluding hydrogens is 380 g/mol. The predicted octanol–water partition coefficient (Wildman–Crippen LogP) is 4.06. The van der Waals surface area contributed by atoms with Crippen LogP contribution in [0.25, 0.3) is 0 Å². The topological polar surface area (TPSA) is 79.3 Å². The average molecular weight is 411 g/mol. The number of rotatable bonds is 8. The van der Waals surface area contributed by atoms with Crippen LogP contribution in [0.4, 0.5) is 4.79 Å². The number of ether oxygens (including phenoxy) is 2. The molecule has 0 fully saturated rings. The molecule has 1 heterocycles. The van der Waals surface area contributed by atoms with E-state index < -0.39 is 11.6 Å². The molecule has 8 heteroatoms. The third-order valence-corrected chi connectivity index (χ3v) is 5.93. The largest absolute Gasteiger partial charge is 0.487 e. The summed E-state index contributed by atoms with van der Waals surface area (Å²) in [5.41, 5.74) is 1.23. The van der Waals surface area contributed by atoms with Crippen molar-refractivity contribution in [2.24, 2.45) is 0 Å². The number of hydrogen-bond acceptors (Lipinski definition) is 6. The molecule has 2 rings (SSSR count). The Labute approximate surface area is 171 Å². The summed E-state index contributed by atoms with van der Waals surface area (Å²) in [6.07, 6.45) is -0.0753. The minimum Gasteiger partial charge on any atom is -0.487 e. The van der Waals surface area contributed by atoms with Crippen molar-refractivity contribution in [3.05, 3.63) is 29.3 Å². The van der Waals surface area contributed by atoms with Crippen molar-refractivity contribution in [2.75, 3.05) is 20.2 Å². The fourth-order valence-corrected chi connectivity index (χ4v) is 4.10. The van der Waals surface area contributed by atoms with E-state index in [0.29, 0.717) is 13.2 Å². The second-order valence-corrected chi connectivity index (χ2v) is 9.06. The summed E-state index contributed by atoms with van der Waals surface area (Å²) < 4.78 is 14.3. The van der Waals surface area contributed by atoms with Crippen LogP contribution in [0.15, 0.2) is 18.2 Å². The van der Waals surface area contributed by atoms with E-state index in [1.165, 1.54) is 7.05 Å². The van der Waals surface area contributed by atoms with Crippen molar-refractivity contribution in [2.45, 2.75) is 58.6 Å². The maximum atomic E-state index is 11.9. The number of esters is 1. The zero-order chi connectivity index (χ0) is 21.1. The summed E-state index contributed by atoms with van der Waals surface area (Å²) in [6, 6.07) is 6.05. The number of carboxylic acid groups (broad SMARTS) is 1. The molecule has 156 valence electrons. The van der Waals surface area contributed by atoms with Crippen LogP contribution < -0.4 is 4.74 Å². The maximum Gasteiger partial charge on any atom is 0.418 e. The summed E-state index contributed by atoms with van der Waals surface area (Å²) in [6.45, 7) is 10.5. The van der Waals surface area contributed by atoms with Gasteiger partial charge in [0.25, 0.3) is 0 Å². The molecule has 1 aromatic rings. The lowest BCUT2D eigenvalue weighted by atomic mass is 9.90. The molecule has 1 aliphatic rings. The van der Waals surface area contributed by atoms with Gasteiger partial charge >= 0.3 is 12.1 Å². The van der Waals surface area contributed by atoms with Gasteiger partial charge in [-0.05, 0) is 40.2 Å². The zero-order valence-corrected chi connectivity index (χ0v) is 18.3. The SMILES string of the molecule is CCOC(=O)CCN(SN(C)C(=O)O)C(C)(C)c1cccc2c1OC(C)(C)C2. The molecule has 0 aliphatic carbocycles. The van der Waals surface area contributed by atoms with E-state index in [-0.39, 0.29) is 18.0 Å². The van der Waals surface area contributed by atoms with Crippen LogP contribution in [0.1, 0.15) is 52.2 Å². The molecule has 0 unspecified atom stereocenters. The van der Waals surface area contributed by atoms with Crippen molar-refractivity contribution < 1.29 is 24.2 Å². The summed E-state index contributed by atoms with van der Waals surface area (Å²) in [7, 11) is 1.48. The van der Waals surface area contributed by atoms with E-state index >= 15 is 0 Å². The van der Waals surface area contributed by atoms with E-state index in [9.17, 15) is 14.7 Å². The van der Waals surface area contributed by atoms with E-state index in [2.05, 4.69) is 19.9 Å². The molecule has 0 atom stereocenters. The van der Waals surface area contributed by atoms with E-state index in [1.54, 1.807) is 6.92 Å². The third-order valence-electron chi connectivity index (χ3n) is 4.69. The van der Waals surface area contributed by atoms with Crippen molar-refractivity contribution in [1.29, 1.82) is 0 Å². The summed E-state index contributed by atoms with van der Waals surface area (Å²) in [5.74, 6) is 0.537. The monoisotopic (exact) mass is 410 g/mol. The second-order valence-electron chi connectivity index (χ2n) is 7.91. The number of carbonyl (C=O) groups excluding carboxylic acids is 1. The van der Waals surface area contributed by atoms with E-state index in [1.807, 2.05) is 30.3 Å². The molecule has 0 aromatic heterocycles. The Morgan fingerprint density at radius 1 is 1.36 bits per heavy atom. The van der Waals surface area contributed by atoms with Crippen LogP contribution in [0, 0.1) is 0 Å². The first kappa shape index (κ1) is 22.4. The Morgan fingerprint density at radius 3 is 2.64 bits per heavy atom. The van der Waals surface area contributed by atoms with Crippen LogP contribution in [0.5, 0.6) is 5.75 Å². The van der Waals surface area contributed by atoms with Crippen molar-refractivity contribution in [3.8, 4) is 5.75 Å². The molecule has 0 radical (unpaired) electrons. The van der Waals surface area contributed by atoms with Gasteiger partial charge in [0.15, 0.2) is 0 Å². The minimum absolute atomic E-state index is 0.166. The average Bonchev–Trinajstić information content (AvgIpc) is 2.91. The number of amides is 1. The lowest BCUT2D eigenvalue weighted by molar-refractivity contribution is -0.143. The van der Waals surface area contributed by atoms with Crippen molar-refractivity contribution >= 4 is 24.2 Å². The molecule has 0 saturated carbocycles. The molecular formula is C20H30N2O5S. The number of fused-ring (bicyclic) bond motifs is 1. The van der Waals surface area contributed by atoms with Crippen LogP contribution >= 0.6 is 12.1 Å². The highest BCUT2D eigenvalue weighted by Gasteiger charge is 2.39. The standard InChI is InChI=1S/C20H30N2O5S/c1-7-26-16(23)11-12-22(28-21(6)18(24)25)20(4,5)15-10-8-9-14-13-19(2,3)27-17(14)15/h8-10H,7,11-13H2,1-6H3,(H,24,25). The van der Waals surface area contributed by atoms with Crippen LogP contribution in [-0.2, 0) is 21.5 Å². The fourth-order valence-electron chi connectivity index (χ4n) is 3.26. The number of carbonyl (C=O) groups is 2. The molecule has 1 N–H and O–H groups in total. The summed E-state index contributed by atoms with van der Waals surface area (Å²) in [4.78, 5) is 23.3. The third kappa shape index (κ3) is 5.11. The van der Waals surface area contributed by atoms with Crippen LogP contribution in [0.3, 0.4) is 0 Å². The number of hydrogen-bond donors (Lipinski definition) is 1. The van der Waals surface area contributed by atoms with Crippen LogP contribution in [0.2, 0.25) is 0 Å². The van der Waals surface area contributed by atoms with E-state index in [0.717, 1.165) is 39.7 Å². The van der Waals surface area contributed by atoms with Gasteiger partial charge in [-0.15, -0.1) is 0 Å². The highest BCUT2D eigenvalue weighted by Crippen LogP contribution is 2.45. The molecule has 1 aliphatic heterocycles. The van der Waals surface area contributed by atoms with Crippen molar-refractivity contribution in [1.82, 2.24) is 8.61 Å². The molecule has 7 nitrogen and oxygen atoms in total. The van der Waals surface area contributed by atoms with Gasteiger partial charge in [0, 0.05) is 37.7 Å². The smallest absolute Gasteiger partial charge is 0.418 e. The number of benzene rings is 1. The van der Waals surface area contributed by atoms with Gasteiger partial charge in [-0.25, -0.2) is 13.4 Å². The molecule has 0 spiro atoms. The quantitative estimate of drug-likeness (QED) is 0.511. The normalized spacial score (nSPS) is 15.1. The molecule has 0 saturated heterocycles. The van der Waals surface area contributed by atoms with Crippen molar-refractivity contribution in [3.63, 3.8) is 0 Å². The summed E-state index contributed by atoms with van der Waals surface area (Å²) in [5, 5.41) is 9.31. The Bertz CT molecular complexity index is 735. The minimum atomic E-state index is -1.06. The first-order valence-corrected chi connectivity index (χ1v) is 10.1. The first-order chi connectivity index (χ1) is 13.0. The zero-order valence-electron chi connectivity index (χ0n) is 17.4. The van der Waals surface area contributed by atoms with Gasteiger partial charge in [-0.1, -0.05) is 18.2 Å². The van der Waals surface area contributed by atoms with Gasteiger partial charge in [0.2, 0.25) is 0 Å². The molecule has 28 heavy (non-hydrogen) atoms. The molecule has 1 aromatic carbocycles. The summed E-state index contributed by atoms with van der Waals surface area (Å²) >= 11 is 1.06. The van der Waals surface area contributed by atoms with Gasteiger partial charge in [-0.3, -0.25) is 4.79 Å². The molecule has 1 amide bonds. The maximum absolute atomic E-state index is 11.9. The lowest BCUT2D eigenvalue weighted by Gasteiger charge is -2.39. The Morgan fingerprint density at radius 2 is 2.04 bits per heavy atom. The van der Waals surface area contributed by atoms with Gasteiger partial charge in [-0.2, -0.15) is 0 Å². The van der Waals surface area contributed by atoms with Gasteiger partial charge in [0.1, 0.15) is 11.4 Å². The fraction of sp³-hybridized carbons (Fsp3) is 0.600. The Balaban J connectivity index is 2.34. The van der Waals surface area contributed by atoms with Gasteiger partial charge < -0.3 is 14.6 Å². The van der Waals surface area contributed by atoms with E-state index in [4.69, 9.17) is 9.47 Å². The highest BCUT2D eigenvalue weighted by molar-refractivity contribution is 7.95. The van der Waals surface area contributed by atoms with Crippen LogP contribution in [-0.4, -0.2) is 51.6 Å². The number of para-hydroxylation sites is 1. The molecule has 0 bridgehead atoms. The number of nitrogens with zero attached hydrogens (tertiary/aromatic N) is 2.